The zero-order valence-corrected chi connectivity index (χ0v) is 15.2. The highest BCUT2D eigenvalue weighted by molar-refractivity contribution is 5.83. The number of aromatic amines is 1. The van der Waals surface area contributed by atoms with Gasteiger partial charge in [0.25, 0.3) is 0 Å². The van der Waals surface area contributed by atoms with Gasteiger partial charge in [0.1, 0.15) is 11.5 Å². The minimum Gasteiger partial charge on any atom is -0.361 e. The minimum atomic E-state index is -0.874. The van der Waals surface area contributed by atoms with Crippen LogP contribution >= 0.6 is 0 Å². The standard InChI is InChI=1S/C22H19F2N3O/c23-18-6-5-14(11-19(18)24)22-17-13-27(10-8-21(17)28-26-22)9-7-15-12-25-20-4-2-1-3-16(15)20/h1-6,11-12,25H,7-10,13H2. The van der Waals surface area contributed by atoms with Crippen molar-refractivity contribution in [1.29, 1.82) is 0 Å². The van der Waals surface area contributed by atoms with Gasteiger partial charge in [0.2, 0.25) is 0 Å². The van der Waals surface area contributed by atoms with Gasteiger partial charge in [-0.1, -0.05) is 23.4 Å². The molecule has 1 N–H and O–H groups in total. The summed E-state index contributed by atoms with van der Waals surface area (Å²) in [5, 5.41) is 5.39. The maximum absolute atomic E-state index is 13.6. The average Bonchev–Trinajstić information content (AvgIpc) is 3.32. The van der Waals surface area contributed by atoms with Gasteiger partial charge in [0, 0.05) is 54.3 Å². The number of hydrogen-bond acceptors (Lipinski definition) is 3. The molecule has 0 spiro atoms. The van der Waals surface area contributed by atoms with Crippen LogP contribution in [0.25, 0.3) is 22.2 Å². The van der Waals surface area contributed by atoms with Crippen molar-refractivity contribution >= 4 is 10.9 Å². The van der Waals surface area contributed by atoms with Crippen LogP contribution in [0.5, 0.6) is 0 Å². The molecule has 28 heavy (non-hydrogen) atoms. The van der Waals surface area contributed by atoms with Gasteiger partial charge in [0.05, 0.1) is 0 Å². The van der Waals surface area contributed by atoms with E-state index >= 15 is 0 Å². The van der Waals surface area contributed by atoms with E-state index in [1.807, 2.05) is 6.07 Å². The fourth-order valence-electron chi connectivity index (χ4n) is 3.94. The van der Waals surface area contributed by atoms with Crippen molar-refractivity contribution in [2.45, 2.75) is 19.4 Å². The van der Waals surface area contributed by atoms with E-state index in [0.29, 0.717) is 17.8 Å². The van der Waals surface area contributed by atoms with Crippen LogP contribution in [0, 0.1) is 11.6 Å². The van der Waals surface area contributed by atoms with E-state index < -0.39 is 11.6 Å². The Morgan fingerprint density at radius 1 is 1.11 bits per heavy atom. The molecule has 2 aromatic heterocycles. The van der Waals surface area contributed by atoms with Gasteiger partial charge in [-0.05, 0) is 36.2 Å². The molecule has 6 heteroatoms. The Morgan fingerprint density at radius 2 is 2.00 bits per heavy atom. The first kappa shape index (κ1) is 17.1. The Kier molecular flexibility index (Phi) is 4.20. The maximum atomic E-state index is 13.6. The number of nitrogens with zero attached hydrogens (tertiary/aromatic N) is 2. The molecule has 142 valence electrons. The molecule has 0 bridgehead atoms. The van der Waals surface area contributed by atoms with Crippen molar-refractivity contribution in [3.05, 3.63) is 77.2 Å². The minimum absolute atomic E-state index is 0.544. The summed E-state index contributed by atoms with van der Waals surface area (Å²) in [5.41, 5.74) is 4.56. The fraction of sp³-hybridized carbons (Fsp3) is 0.227. The topological polar surface area (TPSA) is 45.1 Å². The molecule has 4 aromatic rings. The highest BCUT2D eigenvalue weighted by atomic mass is 19.2. The quantitative estimate of drug-likeness (QED) is 0.559. The number of hydrogen-bond donors (Lipinski definition) is 1. The first-order valence-corrected chi connectivity index (χ1v) is 9.39. The van der Waals surface area contributed by atoms with Gasteiger partial charge in [-0.2, -0.15) is 0 Å². The Labute approximate surface area is 160 Å². The lowest BCUT2D eigenvalue weighted by molar-refractivity contribution is 0.239. The van der Waals surface area contributed by atoms with Crippen LogP contribution in [0.2, 0.25) is 0 Å². The Balaban J connectivity index is 1.35. The molecule has 2 aromatic carbocycles. The second kappa shape index (κ2) is 6.87. The van der Waals surface area contributed by atoms with Crippen molar-refractivity contribution in [3.63, 3.8) is 0 Å². The number of benzene rings is 2. The first-order chi connectivity index (χ1) is 13.7. The number of halogens is 2. The molecule has 1 aliphatic rings. The van der Waals surface area contributed by atoms with Crippen LogP contribution in [-0.2, 0) is 19.4 Å². The van der Waals surface area contributed by atoms with E-state index in [2.05, 4.69) is 39.4 Å². The zero-order chi connectivity index (χ0) is 19.1. The normalized spacial score (nSPS) is 14.5. The third-order valence-electron chi connectivity index (χ3n) is 5.47. The SMILES string of the molecule is Fc1ccc(-c2noc3c2CN(CCc2c[nH]c4ccccc24)CC3)cc1F. The largest absolute Gasteiger partial charge is 0.361 e. The van der Waals surface area contributed by atoms with E-state index in [1.165, 1.54) is 17.0 Å². The lowest BCUT2D eigenvalue weighted by atomic mass is 10.0. The summed E-state index contributed by atoms with van der Waals surface area (Å²) in [6.45, 7) is 2.49. The molecular formula is C22H19F2N3O. The van der Waals surface area contributed by atoms with E-state index in [1.54, 1.807) is 6.07 Å². The van der Waals surface area contributed by atoms with Gasteiger partial charge in [-0.25, -0.2) is 8.78 Å². The number of rotatable bonds is 4. The van der Waals surface area contributed by atoms with E-state index in [9.17, 15) is 8.78 Å². The summed E-state index contributed by atoms with van der Waals surface area (Å²) >= 11 is 0. The van der Waals surface area contributed by atoms with Gasteiger partial charge in [0.15, 0.2) is 11.6 Å². The van der Waals surface area contributed by atoms with Crippen LogP contribution in [0.3, 0.4) is 0 Å². The smallest absolute Gasteiger partial charge is 0.159 e. The number of para-hydroxylation sites is 1. The van der Waals surface area contributed by atoms with Crippen molar-refractivity contribution in [3.8, 4) is 11.3 Å². The fourth-order valence-corrected chi connectivity index (χ4v) is 3.94. The monoisotopic (exact) mass is 379 g/mol. The third-order valence-corrected chi connectivity index (χ3v) is 5.47. The van der Waals surface area contributed by atoms with Gasteiger partial charge in [-0.3, -0.25) is 4.90 Å². The van der Waals surface area contributed by atoms with Crippen molar-refractivity contribution < 1.29 is 13.3 Å². The summed E-state index contributed by atoms with van der Waals surface area (Å²) in [7, 11) is 0. The zero-order valence-electron chi connectivity index (χ0n) is 15.2. The van der Waals surface area contributed by atoms with Crippen molar-refractivity contribution in [1.82, 2.24) is 15.0 Å². The first-order valence-electron chi connectivity index (χ1n) is 9.39. The number of fused-ring (bicyclic) bond motifs is 2. The molecule has 3 heterocycles. The van der Waals surface area contributed by atoms with Gasteiger partial charge < -0.3 is 9.51 Å². The number of H-pyrrole nitrogens is 1. The van der Waals surface area contributed by atoms with E-state index in [-0.39, 0.29) is 0 Å². The summed E-state index contributed by atoms with van der Waals surface area (Å²) in [5.74, 6) is -0.897. The Bertz CT molecular complexity index is 1150. The molecular weight excluding hydrogens is 360 g/mol. The molecule has 0 saturated heterocycles. The maximum Gasteiger partial charge on any atom is 0.159 e. The highest BCUT2D eigenvalue weighted by Crippen LogP contribution is 2.31. The van der Waals surface area contributed by atoms with Crippen LogP contribution in [0.1, 0.15) is 16.9 Å². The van der Waals surface area contributed by atoms with Crippen molar-refractivity contribution in [2.24, 2.45) is 0 Å². The highest BCUT2D eigenvalue weighted by Gasteiger charge is 2.25. The van der Waals surface area contributed by atoms with Gasteiger partial charge in [-0.15, -0.1) is 0 Å². The molecule has 0 saturated carbocycles. The van der Waals surface area contributed by atoms with Crippen LogP contribution < -0.4 is 0 Å². The predicted molar refractivity (Wildman–Crippen MR) is 103 cm³/mol. The second-order valence-corrected chi connectivity index (χ2v) is 7.20. The lowest BCUT2D eigenvalue weighted by Gasteiger charge is -2.26. The number of aromatic nitrogens is 2. The predicted octanol–water partition coefficient (Wildman–Crippen LogP) is 4.70. The molecule has 0 amide bonds. The molecule has 0 fully saturated rings. The molecule has 0 radical (unpaired) electrons. The van der Waals surface area contributed by atoms with E-state index in [4.69, 9.17) is 4.52 Å². The molecule has 0 atom stereocenters. The van der Waals surface area contributed by atoms with Crippen LogP contribution in [0.4, 0.5) is 8.78 Å². The number of nitrogens with one attached hydrogen (secondary N) is 1. The summed E-state index contributed by atoms with van der Waals surface area (Å²) in [6.07, 6.45) is 3.78. The third kappa shape index (κ3) is 2.99. The van der Waals surface area contributed by atoms with E-state index in [0.717, 1.165) is 48.8 Å². The molecule has 1 aliphatic heterocycles. The summed E-state index contributed by atoms with van der Waals surface area (Å²) in [4.78, 5) is 5.67. The lowest BCUT2D eigenvalue weighted by Crippen LogP contribution is -2.31. The second-order valence-electron chi connectivity index (χ2n) is 7.20. The molecule has 0 aliphatic carbocycles. The molecule has 0 unspecified atom stereocenters. The van der Waals surface area contributed by atoms with Crippen LogP contribution in [0.15, 0.2) is 53.2 Å². The van der Waals surface area contributed by atoms with Crippen LogP contribution in [-0.4, -0.2) is 28.1 Å². The Morgan fingerprint density at radius 3 is 2.89 bits per heavy atom. The van der Waals surface area contributed by atoms with Gasteiger partial charge >= 0.3 is 0 Å². The summed E-state index contributed by atoms with van der Waals surface area (Å²) in [6, 6.07) is 12.1. The molecule has 4 nitrogen and oxygen atoms in total. The summed E-state index contributed by atoms with van der Waals surface area (Å²) < 4.78 is 32.4. The Hall–Kier alpha value is -2.99. The van der Waals surface area contributed by atoms with Crippen molar-refractivity contribution in [2.75, 3.05) is 13.1 Å². The average molecular weight is 379 g/mol. The molecule has 5 rings (SSSR count).